The van der Waals surface area contributed by atoms with Crippen LogP contribution in [0.2, 0.25) is 0 Å². The predicted molar refractivity (Wildman–Crippen MR) is 416 cm³/mol. The number of piperidine rings is 1. The van der Waals surface area contributed by atoms with Crippen LogP contribution < -0.4 is 16.0 Å². The molecule has 0 saturated carbocycles. The van der Waals surface area contributed by atoms with E-state index in [0.29, 0.717) is 30.6 Å². The Labute approximate surface area is 644 Å². The third kappa shape index (κ3) is 27.0. The van der Waals surface area contributed by atoms with Crippen LogP contribution in [0.3, 0.4) is 0 Å². The van der Waals surface area contributed by atoms with E-state index in [9.17, 15) is 53.1 Å². The highest BCUT2D eigenvalue weighted by Crippen LogP contribution is 2.27. The molecule has 2 heterocycles. The molecule has 4 N–H and O–H groups in total. The maximum Gasteiger partial charge on any atom is 0.324 e. The monoisotopic (exact) mass is 1510 g/mol. The molecule has 25 nitrogen and oxygen atoms in total. The highest BCUT2D eigenvalue weighted by Gasteiger charge is 2.41. The van der Waals surface area contributed by atoms with Gasteiger partial charge < -0.3 is 49.6 Å². The number of nitrogens with zero attached hydrogens (tertiary/aromatic N) is 8. The van der Waals surface area contributed by atoms with Gasteiger partial charge in [0.05, 0.1) is 43.0 Å². The minimum absolute atomic E-state index is 0.00768. The minimum Gasteiger partial charge on any atom is -0.393 e. The number of hydrogen-bond donors (Lipinski definition) is 4. The van der Waals surface area contributed by atoms with Gasteiger partial charge in [0.25, 0.3) is 0 Å². The van der Waals surface area contributed by atoms with Crippen LogP contribution in [-0.4, -0.2) is 252 Å². The summed E-state index contributed by atoms with van der Waals surface area (Å²) in [5.41, 5.74) is 2.90. The second kappa shape index (κ2) is 43.0. The van der Waals surface area contributed by atoms with E-state index < -0.39 is 144 Å². The molecule has 0 aliphatic carbocycles. The van der Waals surface area contributed by atoms with Crippen molar-refractivity contribution in [2.45, 2.75) is 181 Å². The average molecular weight is 1510 g/mol. The van der Waals surface area contributed by atoms with Crippen LogP contribution in [0.1, 0.15) is 135 Å². The van der Waals surface area contributed by atoms with Gasteiger partial charge in [0.2, 0.25) is 53.2 Å². The van der Waals surface area contributed by atoms with Gasteiger partial charge in [-0.15, -0.1) is 0 Å². The van der Waals surface area contributed by atoms with Crippen molar-refractivity contribution in [1.82, 2.24) is 55.1 Å². The molecule has 4 aromatic rings. The van der Waals surface area contributed by atoms with Crippen LogP contribution in [0.4, 0.5) is 4.79 Å². The van der Waals surface area contributed by atoms with E-state index in [1.54, 1.807) is 80.5 Å². The summed E-state index contributed by atoms with van der Waals surface area (Å²) in [6, 6.07) is 27.9. The number of carbonyl (C=O) groups is 13. The summed E-state index contributed by atoms with van der Waals surface area (Å²) < 4.78 is 0. The van der Waals surface area contributed by atoms with Crippen molar-refractivity contribution in [1.29, 1.82) is 0 Å². The second-order valence-electron chi connectivity index (χ2n) is 31.0. The van der Waals surface area contributed by atoms with Crippen molar-refractivity contribution in [3.05, 3.63) is 144 Å². The quantitative estimate of drug-likeness (QED) is 0.0784. The Balaban J connectivity index is 1.36. The van der Waals surface area contributed by atoms with E-state index in [-0.39, 0.29) is 100 Å². The number of imide groups is 1. The maximum absolute atomic E-state index is 15.6. The van der Waals surface area contributed by atoms with Gasteiger partial charge in [-0.1, -0.05) is 149 Å². The van der Waals surface area contributed by atoms with Crippen molar-refractivity contribution in [2.24, 2.45) is 35.5 Å². The molecule has 0 aromatic heterocycles. The molecule has 0 unspecified atom stereocenters. The average Bonchev–Trinajstić information content (AvgIpc) is 0.813. The molecule has 2 saturated heterocycles. The number of Topliss-reactive ketones (excluding diaryl/α,β-unsaturated/α-hetero) is 3. The van der Waals surface area contributed by atoms with Gasteiger partial charge in [-0.3, -0.25) is 68.2 Å². The van der Waals surface area contributed by atoms with Gasteiger partial charge in [-0.05, 0) is 98.8 Å². The lowest BCUT2D eigenvalue weighted by Crippen LogP contribution is -2.60. The van der Waals surface area contributed by atoms with E-state index in [2.05, 4.69) is 16.0 Å². The van der Waals surface area contributed by atoms with E-state index in [4.69, 9.17) is 0 Å². The fourth-order valence-corrected chi connectivity index (χ4v) is 14.3. The number of aliphatic hydroxyl groups excluding tert-OH is 1. The molecule has 25 heteroatoms. The maximum atomic E-state index is 15.6. The molecule has 11 amide bonds. The molecular weight excluding hydrogens is 1390 g/mol. The molecule has 4 aromatic carbocycles. The van der Waals surface area contributed by atoms with Crippen molar-refractivity contribution < 1.29 is 67.4 Å². The number of nitrogens with one attached hydrogen (secondary N) is 3. The smallest absolute Gasteiger partial charge is 0.324 e. The number of carbonyl (C=O) groups excluding carboxylic acids is 13. The molecule has 0 spiro atoms. The van der Waals surface area contributed by atoms with E-state index in [0.717, 1.165) is 35.3 Å². The van der Waals surface area contributed by atoms with Gasteiger partial charge >= 0.3 is 6.03 Å². The Morgan fingerprint density at radius 1 is 0.569 bits per heavy atom. The number of urea groups is 1. The van der Waals surface area contributed by atoms with Crippen LogP contribution in [0.25, 0.3) is 0 Å². The number of likely N-dealkylation sites (tertiary alicyclic amines) is 1. The first-order valence-corrected chi connectivity index (χ1v) is 38.5. The summed E-state index contributed by atoms with van der Waals surface area (Å²) in [5, 5.41) is 19.7. The van der Waals surface area contributed by atoms with Gasteiger partial charge in [-0.2, -0.15) is 0 Å². The lowest BCUT2D eigenvalue weighted by atomic mass is 9.86. The molecule has 109 heavy (non-hydrogen) atoms. The van der Waals surface area contributed by atoms with Crippen LogP contribution >= 0.6 is 0 Å². The molecular formula is C84H119N11O14. The van der Waals surface area contributed by atoms with Crippen molar-refractivity contribution in [3.63, 3.8) is 0 Å². The standard InChI is InChI=1S/C84H119N11O14/c1-55(2)42-66-54-89(9)75(100)49-65(56(3)4)48-67(97)38-41-88(8)76(101)51-70(81(106)93(13)73(47-63-36-26-18-27-37-63)83(108)92(12)71(45-61-32-22-16-23-33-61)78(103)86-57(5)79(104)95-39-28-19-29-40-95)85-52-74(99)58(6)91(11)80(105)69(59(7)96)50-68(98)44-64(43-60-30-20-15-21-31-60)53-90(10)82(107)72(46-62-34-24-17-25-35-62)94(14)84(109)87-77(66)102/h15-18,20-27,30-37,55-59,64-66,69-73,85,96H,19,28-29,38-54H2,1-14H3,(H,86,103)(H,87,102,109)/t57-,58-,59+,64-,65+,66+,69-,70-,71-,72-,73-/m0/s1. The lowest BCUT2D eigenvalue weighted by Gasteiger charge is -2.37. The van der Waals surface area contributed by atoms with Crippen molar-refractivity contribution in [3.8, 4) is 0 Å². The van der Waals surface area contributed by atoms with E-state index in [1.165, 1.54) is 78.5 Å². The van der Waals surface area contributed by atoms with E-state index >= 15 is 14.4 Å². The fraction of sp³-hybridized carbons (Fsp3) is 0.560. The zero-order valence-corrected chi connectivity index (χ0v) is 66.5. The van der Waals surface area contributed by atoms with Crippen molar-refractivity contribution >= 4 is 76.5 Å². The summed E-state index contributed by atoms with van der Waals surface area (Å²) >= 11 is 0. The van der Waals surface area contributed by atoms with Gasteiger partial charge in [0.15, 0.2) is 5.78 Å². The van der Waals surface area contributed by atoms with Crippen LogP contribution in [-0.2, 0) is 83.2 Å². The predicted octanol–water partition coefficient (Wildman–Crippen LogP) is 6.45. The highest BCUT2D eigenvalue weighted by molar-refractivity contribution is 5.99. The largest absolute Gasteiger partial charge is 0.393 e. The van der Waals surface area contributed by atoms with Gasteiger partial charge in [0.1, 0.15) is 35.7 Å². The molecule has 2 aliphatic heterocycles. The third-order valence-corrected chi connectivity index (χ3v) is 21.5. The number of rotatable bonds is 19. The topological polar surface area (TPSA) is 304 Å². The van der Waals surface area contributed by atoms with Crippen LogP contribution in [0, 0.1) is 35.5 Å². The molecule has 0 radical (unpaired) electrons. The summed E-state index contributed by atoms with van der Waals surface area (Å²) in [6.07, 6.45) is 0.314. The Morgan fingerprint density at radius 2 is 1.10 bits per heavy atom. The first-order chi connectivity index (χ1) is 51.6. The Bertz CT molecular complexity index is 3710. The molecule has 11 atom stereocenters. The zero-order valence-electron chi connectivity index (χ0n) is 66.5. The molecule has 0 bridgehead atoms. The number of aliphatic hydroxyl groups is 1. The number of benzene rings is 4. The minimum atomic E-state index is -1.55. The normalized spacial score (nSPS) is 22.4. The zero-order chi connectivity index (χ0) is 80.3. The summed E-state index contributed by atoms with van der Waals surface area (Å²) in [4.78, 5) is 201. The molecule has 6 rings (SSSR count). The molecule has 2 fully saturated rings. The number of likely N-dealkylation sites (N-methyl/N-ethyl adjacent to an activating group) is 5. The number of ketones is 3. The summed E-state index contributed by atoms with van der Waals surface area (Å²) in [5.74, 6) is -10.1. The lowest BCUT2D eigenvalue weighted by molar-refractivity contribution is -0.149. The Morgan fingerprint density at radius 3 is 1.64 bits per heavy atom. The number of hydrogen-bond acceptors (Lipinski definition) is 15. The first kappa shape index (κ1) is 88.4. The number of amides is 11. The molecule has 2 aliphatic rings. The SMILES string of the molecule is CC(C)C[C@@H]1CN(C)C(=O)C[C@H](C(C)C)CC(=O)CCN(C)C(=O)C[C@@H](C(=O)N(C)[C@@H](Cc2ccccc2)C(=O)N(C)[C@@H](Cc2ccccc2)C(=O)N[C@@H](C)C(=O)N2CCCCC2)NCC(=O)[C@H](C)N(C)C(=O)[C@H]([C@@H](C)O)CC(=O)C[C@H](Cc2ccccc2)CN(C)C(=O)[C@H](Cc2ccccc2)N(C)C(=O)NC1=O. The van der Waals surface area contributed by atoms with E-state index in [1.807, 2.05) is 94.4 Å². The first-order valence-electron chi connectivity index (χ1n) is 38.5. The summed E-state index contributed by atoms with van der Waals surface area (Å²) in [6.45, 7) is 12.3. The van der Waals surface area contributed by atoms with Gasteiger partial charge in [-0.25, -0.2) is 4.79 Å². The summed E-state index contributed by atoms with van der Waals surface area (Å²) in [7, 11) is 10.2. The second-order valence-corrected chi connectivity index (χ2v) is 31.0. The van der Waals surface area contributed by atoms with Crippen LogP contribution in [0.5, 0.6) is 0 Å². The molecule has 594 valence electrons. The van der Waals surface area contributed by atoms with Crippen LogP contribution in [0.15, 0.2) is 121 Å². The Hall–Kier alpha value is -9.49. The Kier molecular flexibility index (Phi) is 34.9. The third-order valence-electron chi connectivity index (χ3n) is 21.5. The van der Waals surface area contributed by atoms with Crippen molar-refractivity contribution in [2.75, 3.05) is 88.6 Å². The highest BCUT2D eigenvalue weighted by atomic mass is 16.3. The fourth-order valence-electron chi connectivity index (χ4n) is 14.3. The van der Waals surface area contributed by atoms with Gasteiger partial charge in [0, 0.05) is 133 Å².